The van der Waals surface area contributed by atoms with E-state index in [2.05, 4.69) is 0 Å². The first-order chi connectivity index (χ1) is 6.52. The number of amides is 1. The average Bonchev–Trinajstić information content (AvgIpc) is 2.00. The van der Waals surface area contributed by atoms with Crippen molar-refractivity contribution in [1.82, 2.24) is 4.90 Å². The van der Waals surface area contributed by atoms with Gasteiger partial charge in [0.05, 0.1) is 5.54 Å². The molecule has 2 N–H and O–H groups in total. The molecule has 0 aromatic carbocycles. The van der Waals surface area contributed by atoms with Crippen molar-refractivity contribution in [2.75, 3.05) is 13.1 Å². The van der Waals surface area contributed by atoms with Crippen LogP contribution in [0.5, 0.6) is 0 Å². The molecule has 3 heteroatoms. The normalized spacial score (nSPS) is 20.1. The molecular weight excluding hydrogens is 176 g/mol. The lowest BCUT2D eigenvalue weighted by atomic mass is 10.0. The van der Waals surface area contributed by atoms with Crippen molar-refractivity contribution >= 4 is 5.91 Å². The van der Waals surface area contributed by atoms with Crippen LogP contribution < -0.4 is 5.73 Å². The Labute approximate surface area is 86.6 Å². The Morgan fingerprint density at radius 3 is 1.93 bits per heavy atom. The van der Waals surface area contributed by atoms with Gasteiger partial charge in [0.25, 0.3) is 0 Å². The predicted molar refractivity (Wildman–Crippen MR) is 57.9 cm³/mol. The Balaban J connectivity index is 2.51. The van der Waals surface area contributed by atoms with Crippen LogP contribution >= 0.6 is 0 Å². The minimum Gasteiger partial charge on any atom is -0.341 e. The summed E-state index contributed by atoms with van der Waals surface area (Å²) in [5, 5.41) is 0. The van der Waals surface area contributed by atoms with Gasteiger partial charge in [-0.3, -0.25) is 4.79 Å². The number of nitrogens with two attached hydrogens (primary N) is 1. The summed E-state index contributed by atoms with van der Waals surface area (Å²) < 4.78 is 0. The second kappa shape index (κ2) is 4.78. The summed E-state index contributed by atoms with van der Waals surface area (Å²) in [6, 6.07) is 0. The largest absolute Gasteiger partial charge is 0.341 e. The fraction of sp³-hybridized carbons (Fsp3) is 0.909. The summed E-state index contributed by atoms with van der Waals surface area (Å²) >= 11 is 0. The van der Waals surface area contributed by atoms with Crippen LogP contribution in [-0.4, -0.2) is 29.4 Å². The Morgan fingerprint density at radius 2 is 1.50 bits per heavy atom. The number of hydrogen-bond donors (Lipinski definition) is 1. The van der Waals surface area contributed by atoms with Crippen molar-refractivity contribution in [3.05, 3.63) is 0 Å². The van der Waals surface area contributed by atoms with Gasteiger partial charge in [-0.25, -0.2) is 0 Å². The van der Waals surface area contributed by atoms with Crippen LogP contribution in [0.1, 0.15) is 46.0 Å². The highest BCUT2D eigenvalue weighted by atomic mass is 16.2. The minimum absolute atomic E-state index is 0.0967. The van der Waals surface area contributed by atoms with Gasteiger partial charge in [-0.05, 0) is 26.7 Å². The third kappa shape index (κ3) is 3.29. The summed E-state index contributed by atoms with van der Waals surface area (Å²) in [5.41, 5.74) is 5.10. The summed E-state index contributed by atoms with van der Waals surface area (Å²) in [6.07, 6.45) is 6.06. The maximum absolute atomic E-state index is 11.9. The van der Waals surface area contributed by atoms with E-state index >= 15 is 0 Å². The molecule has 0 aliphatic carbocycles. The fourth-order valence-electron chi connectivity index (χ4n) is 1.86. The van der Waals surface area contributed by atoms with Gasteiger partial charge in [-0.15, -0.1) is 0 Å². The van der Waals surface area contributed by atoms with Gasteiger partial charge in [0, 0.05) is 13.1 Å². The zero-order chi connectivity index (χ0) is 10.6. The molecule has 0 saturated carbocycles. The van der Waals surface area contributed by atoms with Crippen LogP contribution in [0.25, 0.3) is 0 Å². The molecule has 1 amide bonds. The molecule has 1 fully saturated rings. The first-order valence-corrected chi connectivity index (χ1v) is 5.60. The van der Waals surface area contributed by atoms with E-state index in [0.717, 1.165) is 25.9 Å². The fourth-order valence-corrected chi connectivity index (χ4v) is 1.86. The van der Waals surface area contributed by atoms with Crippen molar-refractivity contribution in [3.8, 4) is 0 Å². The van der Waals surface area contributed by atoms with E-state index in [9.17, 15) is 4.79 Å². The lowest BCUT2D eigenvalue weighted by Crippen LogP contribution is -2.51. The number of carbonyl (C=O) groups excluding carboxylic acids is 1. The molecule has 0 bridgehead atoms. The molecule has 1 aliphatic heterocycles. The average molecular weight is 198 g/mol. The van der Waals surface area contributed by atoms with Crippen LogP contribution in [-0.2, 0) is 4.79 Å². The molecule has 0 atom stereocenters. The lowest BCUT2D eigenvalue weighted by Gasteiger charge is -2.30. The number of rotatable bonds is 1. The second-order valence-electron chi connectivity index (χ2n) is 4.78. The number of carbonyl (C=O) groups is 1. The highest BCUT2D eigenvalue weighted by molar-refractivity contribution is 5.85. The second-order valence-corrected chi connectivity index (χ2v) is 4.78. The molecular formula is C11H22N2O. The van der Waals surface area contributed by atoms with E-state index in [0.29, 0.717) is 0 Å². The third-order valence-corrected chi connectivity index (χ3v) is 2.69. The molecule has 0 radical (unpaired) electrons. The van der Waals surface area contributed by atoms with Crippen molar-refractivity contribution in [2.45, 2.75) is 51.5 Å². The lowest BCUT2D eigenvalue weighted by molar-refractivity contribution is -0.136. The van der Waals surface area contributed by atoms with Gasteiger partial charge in [0.1, 0.15) is 0 Å². The van der Waals surface area contributed by atoms with Crippen molar-refractivity contribution in [2.24, 2.45) is 5.73 Å². The monoisotopic (exact) mass is 198 g/mol. The van der Waals surface area contributed by atoms with E-state index in [4.69, 9.17) is 5.73 Å². The van der Waals surface area contributed by atoms with Crippen LogP contribution in [0.4, 0.5) is 0 Å². The predicted octanol–water partition coefficient (Wildman–Crippen LogP) is 1.52. The molecule has 0 spiro atoms. The summed E-state index contributed by atoms with van der Waals surface area (Å²) in [5.74, 6) is 0.0967. The van der Waals surface area contributed by atoms with E-state index in [1.165, 1.54) is 19.3 Å². The highest BCUT2D eigenvalue weighted by Gasteiger charge is 2.27. The first kappa shape index (κ1) is 11.5. The van der Waals surface area contributed by atoms with Crippen molar-refractivity contribution in [3.63, 3.8) is 0 Å². The summed E-state index contributed by atoms with van der Waals surface area (Å²) in [7, 11) is 0. The Hall–Kier alpha value is -0.570. The van der Waals surface area contributed by atoms with Gasteiger partial charge in [0.15, 0.2) is 0 Å². The van der Waals surface area contributed by atoms with Gasteiger partial charge >= 0.3 is 0 Å². The smallest absolute Gasteiger partial charge is 0.242 e. The standard InChI is InChI=1S/C11H22N2O/c1-11(2,12)10(14)13-8-6-4-3-5-7-9-13/h3-9,12H2,1-2H3. The van der Waals surface area contributed by atoms with Crippen LogP contribution in [0.2, 0.25) is 0 Å². The van der Waals surface area contributed by atoms with Crippen molar-refractivity contribution < 1.29 is 4.79 Å². The molecule has 1 saturated heterocycles. The van der Waals surface area contributed by atoms with E-state index in [1.807, 2.05) is 4.90 Å². The topological polar surface area (TPSA) is 46.3 Å². The zero-order valence-electron chi connectivity index (χ0n) is 9.38. The van der Waals surface area contributed by atoms with E-state index in [1.54, 1.807) is 13.8 Å². The van der Waals surface area contributed by atoms with Gasteiger partial charge < -0.3 is 10.6 Å². The number of hydrogen-bond acceptors (Lipinski definition) is 2. The van der Waals surface area contributed by atoms with Gasteiger partial charge in [-0.1, -0.05) is 19.3 Å². The summed E-state index contributed by atoms with van der Waals surface area (Å²) in [6.45, 7) is 5.35. The quantitative estimate of drug-likeness (QED) is 0.694. The molecule has 14 heavy (non-hydrogen) atoms. The molecule has 1 rings (SSSR count). The van der Waals surface area contributed by atoms with Crippen LogP contribution in [0.3, 0.4) is 0 Å². The van der Waals surface area contributed by atoms with E-state index in [-0.39, 0.29) is 5.91 Å². The third-order valence-electron chi connectivity index (χ3n) is 2.69. The molecule has 1 aliphatic rings. The molecule has 82 valence electrons. The highest BCUT2D eigenvalue weighted by Crippen LogP contribution is 2.13. The molecule has 0 unspecified atom stereocenters. The zero-order valence-corrected chi connectivity index (χ0v) is 9.38. The van der Waals surface area contributed by atoms with Crippen molar-refractivity contribution in [1.29, 1.82) is 0 Å². The number of likely N-dealkylation sites (tertiary alicyclic amines) is 1. The Morgan fingerprint density at radius 1 is 1.07 bits per heavy atom. The molecule has 3 nitrogen and oxygen atoms in total. The number of nitrogens with zero attached hydrogens (tertiary/aromatic N) is 1. The maximum Gasteiger partial charge on any atom is 0.242 e. The molecule has 0 aromatic heterocycles. The van der Waals surface area contributed by atoms with Crippen LogP contribution in [0.15, 0.2) is 0 Å². The SMILES string of the molecule is CC(C)(N)C(=O)N1CCCCCCC1. The Bertz CT molecular complexity index is 188. The van der Waals surface area contributed by atoms with E-state index < -0.39 is 5.54 Å². The van der Waals surface area contributed by atoms with Crippen LogP contribution in [0, 0.1) is 0 Å². The first-order valence-electron chi connectivity index (χ1n) is 5.60. The minimum atomic E-state index is -0.709. The van der Waals surface area contributed by atoms with Gasteiger partial charge in [-0.2, -0.15) is 0 Å². The molecule has 1 heterocycles. The maximum atomic E-state index is 11.9. The summed E-state index contributed by atoms with van der Waals surface area (Å²) in [4.78, 5) is 13.8. The molecule has 0 aromatic rings. The Kier molecular flexibility index (Phi) is 3.93. The van der Waals surface area contributed by atoms with Gasteiger partial charge in [0.2, 0.25) is 5.91 Å².